The molecule has 2 aromatic carbocycles. The van der Waals surface area contributed by atoms with E-state index in [1.54, 1.807) is 6.20 Å². The van der Waals surface area contributed by atoms with Gasteiger partial charge in [0.25, 0.3) is 5.91 Å². The molecule has 0 unspecified atom stereocenters. The van der Waals surface area contributed by atoms with Crippen LogP contribution in [0, 0.1) is 11.6 Å². The number of rotatable bonds is 2. The fourth-order valence-corrected chi connectivity index (χ4v) is 2.31. The highest BCUT2D eigenvalue weighted by Crippen LogP contribution is 2.22. The lowest BCUT2D eigenvalue weighted by atomic mass is 10.1. The van der Waals surface area contributed by atoms with Gasteiger partial charge in [0.2, 0.25) is 0 Å². The predicted molar refractivity (Wildman–Crippen MR) is 77.2 cm³/mol. The average Bonchev–Trinajstić information content (AvgIpc) is 2.81. The molecule has 0 aliphatic rings. The highest BCUT2D eigenvalue weighted by Gasteiger charge is 2.15. The van der Waals surface area contributed by atoms with E-state index in [-0.39, 0.29) is 5.69 Å². The van der Waals surface area contributed by atoms with Gasteiger partial charge in [-0.05, 0) is 18.2 Å². The topological polar surface area (TPSA) is 34.0 Å². The Labute approximate surface area is 119 Å². The number of nitrogens with zero attached hydrogens (tertiary/aromatic N) is 1. The molecule has 1 aromatic heterocycles. The van der Waals surface area contributed by atoms with Gasteiger partial charge in [0.1, 0.15) is 11.6 Å². The third-order valence-corrected chi connectivity index (χ3v) is 3.32. The Hall–Kier alpha value is -2.69. The third-order valence-electron chi connectivity index (χ3n) is 3.32. The van der Waals surface area contributed by atoms with Gasteiger partial charge in [0.05, 0.1) is 11.3 Å². The molecule has 0 fully saturated rings. The quantitative estimate of drug-likeness (QED) is 0.765. The summed E-state index contributed by atoms with van der Waals surface area (Å²) in [5.74, 6) is -1.76. The largest absolute Gasteiger partial charge is 0.350 e. The number of benzene rings is 2. The number of aryl methyl sites for hydroxylation is 1. The molecule has 1 N–H and O–H groups in total. The molecule has 3 rings (SSSR count). The van der Waals surface area contributed by atoms with Crippen LogP contribution in [0.15, 0.2) is 48.7 Å². The molecule has 0 aliphatic carbocycles. The van der Waals surface area contributed by atoms with Crippen LogP contribution >= 0.6 is 0 Å². The van der Waals surface area contributed by atoms with Crippen molar-refractivity contribution in [3.8, 4) is 0 Å². The van der Waals surface area contributed by atoms with Crippen molar-refractivity contribution in [1.82, 2.24) is 4.57 Å². The molecule has 1 amide bonds. The molecule has 1 heterocycles. The Morgan fingerprint density at radius 3 is 2.71 bits per heavy atom. The van der Waals surface area contributed by atoms with E-state index in [4.69, 9.17) is 0 Å². The minimum Gasteiger partial charge on any atom is -0.350 e. The van der Waals surface area contributed by atoms with Crippen LogP contribution in [-0.2, 0) is 7.05 Å². The molecule has 3 nitrogen and oxygen atoms in total. The monoisotopic (exact) mass is 286 g/mol. The first-order chi connectivity index (χ1) is 10.1. The number of hydrogen-bond donors (Lipinski definition) is 1. The lowest BCUT2D eigenvalue weighted by molar-refractivity contribution is 0.102. The van der Waals surface area contributed by atoms with Crippen LogP contribution in [0.5, 0.6) is 0 Å². The fourth-order valence-electron chi connectivity index (χ4n) is 2.31. The van der Waals surface area contributed by atoms with E-state index < -0.39 is 17.5 Å². The second-order valence-electron chi connectivity index (χ2n) is 4.75. The molecule has 0 saturated heterocycles. The summed E-state index contributed by atoms with van der Waals surface area (Å²) in [4.78, 5) is 12.3. The minimum absolute atomic E-state index is 0.173. The van der Waals surface area contributed by atoms with Crippen LogP contribution < -0.4 is 5.32 Å². The van der Waals surface area contributed by atoms with E-state index in [2.05, 4.69) is 5.32 Å². The number of halogens is 2. The van der Waals surface area contributed by atoms with Gasteiger partial charge in [0.15, 0.2) is 0 Å². The zero-order chi connectivity index (χ0) is 15.0. The number of fused-ring (bicyclic) bond motifs is 1. The maximum atomic E-state index is 13.6. The Kier molecular flexibility index (Phi) is 3.17. The summed E-state index contributed by atoms with van der Waals surface area (Å²) in [5, 5.41) is 3.16. The molecule has 5 heteroatoms. The van der Waals surface area contributed by atoms with Gasteiger partial charge >= 0.3 is 0 Å². The van der Waals surface area contributed by atoms with Crippen molar-refractivity contribution in [2.24, 2.45) is 7.05 Å². The third kappa shape index (κ3) is 2.38. The van der Waals surface area contributed by atoms with Gasteiger partial charge in [-0.25, -0.2) is 8.78 Å². The number of amides is 1. The van der Waals surface area contributed by atoms with E-state index >= 15 is 0 Å². The Morgan fingerprint density at radius 2 is 1.90 bits per heavy atom. The molecule has 0 atom stereocenters. The molecule has 3 aromatic rings. The molecule has 0 aliphatic heterocycles. The highest BCUT2D eigenvalue weighted by atomic mass is 19.1. The zero-order valence-electron chi connectivity index (χ0n) is 11.2. The maximum absolute atomic E-state index is 13.6. The first-order valence-electron chi connectivity index (χ1n) is 6.37. The van der Waals surface area contributed by atoms with Crippen molar-refractivity contribution in [1.29, 1.82) is 0 Å². The molecule has 0 saturated carbocycles. The summed E-state index contributed by atoms with van der Waals surface area (Å²) >= 11 is 0. The van der Waals surface area contributed by atoms with Crippen molar-refractivity contribution < 1.29 is 13.6 Å². The lowest BCUT2D eigenvalue weighted by Crippen LogP contribution is -2.12. The predicted octanol–water partition coefficient (Wildman–Crippen LogP) is 3.71. The van der Waals surface area contributed by atoms with Gasteiger partial charge in [0, 0.05) is 30.2 Å². The summed E-state index contributed by atoms with van der Waals surface area (Å²) in [6.07, 6.45) is 1.66. The van der Waals surface area contributed by atoms with Crippen LogP contribution in [0.3, 0.4) is 0 Å². The summed E-state index contributed by atoms with van der Waals surface area (Å²) in [6, 6.07) is 10.3. The van der Waals surface area contributed by atoms with Crippen molar-refractivity contribution in [2.75, 3.05) is 5.32 Å². The standard InChI is InChI=1S/C16H12F2N2O/c1-20-9-12(11-4-2-3-5-15(11)20)16(21)19-14-8-10(17)6-7-13(14)18/h2-9H,1H3,(H,19,21). The number of carbonyl (C=O) groups excluding carboxylic acids is 1. The van der Waals surface area contributed by atoms with E-state index in [1.807, 2.05) is 35.9 Å². The van der Waals surface area contributed by atoms with E-state index in [9.17, 15) is 13.6 Å². The number of nitrogens with one attached hydrogen (secondary N) is 1. The van der Waals surface area contributed by atoms with Crippen molar-refractivity contribution in [3.05, 3.63) is 65.9 Å². The average molecular weight is 286 g/mol. The fraction of sp³-hybridized carbons (Fsp3) is 0.0625. The number of hydrogen-bond acceptors (Lipinski definition) is 1. The van der Waals surface area contributed by atoms with Crippen LogP contribution in [-0.4, -0.2) is 10.5 Å². The zero-order valence-corrected chi connectivity index (χ0v) is 11.2. The van der Waals surface area contributed by atoms with E-state index in [0.29, 0.717) is 5.56 Å². The van der Waals surface area contributed by atoms with Crippen LogP contribution in [0.2, 0.25) is 0 Å². The minimum atomic E-state index is -0.676. The molecular formula is C16H12F2N2O. The Balaban J connectivity index is 2.00. The second kappa shape index (κ2) is 5.01. The molecule has 21 heavy (non-hydrogen) atoms. The van der Waals surface area contributed by atoms with Crippen molar-refractivity contribution >= 4 is 22.5 Å². The second-order valence-corrected chi connectivity index (χ2v) is 4.75. The van der Waals surface area contributed by atoms with Gasteiger partial charge in [-0.2, -0.15) is 0 Å². The van der Waals surface area contributed by atoms with Gasteiger partial charge in [-0.15, -0.1) is 0 Å². The molecule has 0 bridgehead atoms. The summed E-state index contributed by atoms with van der Waals surface area (Å²) < 4.78 is 28.5. The Bertz CT molecular complexity index is 839. The van der Waals surface area contributed by atoms with Gasteiger partial charge in [-0.3, -0.25) is 4.79 Å². The van der Waals surface area contributed by atoms with Gasteiger partial charge < -0.3 is 9.88 Å². The van der Waals surface area contributed by atoms with E-state index in [1.165, 1.54) is 0 Å². The summed E-state index contributed by atoms with van der Waals surface area (Å²) in [6.45, 7) is 0. The summed E-state index contributed by atoms with van der Waals surface area (Å²) in [5.41, 5.74) is 1.13. The highest BCUT2D eigenvalue weighted by molar-refractivity contribution is 6.13. The number of anilines is 1. The van der Waals surface area contributed by atoms with Crippen molar-refractivity contribution in [2.45, 2.75) is 0 Å². The van der Waals surface area contributed by atoms with E-state index in [0.717, 1.165) is 29.1 Å². The van der Waals surface area contributed by atoms with Gasteiger partial charge in [-0.1, -0.05) is 18.2 Å². The maximum Gasteiger partial charge on any atom is 0.257 e. The number of aromatic nitrogens is 1. The lowest BCUT2D eigenvalue weighted by Gasteiger charge is -2.05. The SMILES string of the molecule is Cn1cc(C(=O)Nc2cc(F)ccc2F)c2ccccc21. The van der Waals surface area contributed by atoms with Crippen LogP contribution in [0.1, 0.15) is 10.4 Å². The molecule has 0 radical (unpaired) electrons. The Morgan fingerprint density at radius 1 is 1.14 bits per heavy atom. The smallest absolute Gasteiger partial charge is 0.257 e. The van der Waals surface area contributed by atoms with Crippen LogP contribution in [0.4, 0.5) is 14.5 Å². The van der Waals surface area contributed by atoms with Crippen LogP contribution in [0.25, 0.3) is 10.9 Å². The molecule has 0 spiro atoms. The summed E-state index contributed by atoms with van der Waals surface area (Å²) in [7, 11) is 1.82. The molecule has 106 valence electrons. The first kappa shape index (κ1) is 13.3. The molecular weight excluding hydrogens is 274 g/mol. The van der Waals surface area contributed by atoms with Crippen molar-refractivity contribution in [3.63, 3.8) is 0 Å². The number of carbonyl (C=O) groups is 1. The first-order valence-corrected chi connectivity index (χ1v) is 6.37. The number of para-hydroxylation sites is 1. The normalized spacial score (nSPS) is 10.8.